The van der Waals surface area contributed by atoms with E-state index in [1.165, 1.54) is 24.5 Å². The molecule has 0 fully saturated rings. The van der Waals surface area contributed by atoms with Gasteiger partial charge in [-0.1, -0.05) is 18.2 Å². The fourth-order valence-corrected chi connectivity index (χ4v) is 3.58. The van der Waals surface area contributed by atoms with Crippen LogP contribution < -0.4 is 5.32 Å². The van der Waals surface area contributed by atoms with E-state index >= 15 is 0 Å². The van der Waals surface area contributed by atoms with Crippen molar-refractivity contribution < 1.29 is 14.3 Å². The van der Waals surface area contributed by atoms with Crippen molar-refractivity contribution in [2.24, 2.45) is 0 Å². The lowest BCUT2D eigenvalue weighted by Crippen LogP contribution is -2.11. The molecule has 0 aliphatic rings. The zero-order valence-electron chi connectivity index (χ0n) is 15.2. The van der Waals surface area contributed by atoms with Crippen molar-refractivity contribution in [1.82, 2.24) is 9.78 Å². The number of anilines is 1. The molecule has 1 N–H and O–H groups in total. The number of nitrogens with zero attached hydrogens (tertiary/aromatic N) is 2. The Kier molecular flexibility index (Phi) is 5.52. The van der Waals surface area contributed by atoms with Gasteiger partial charge in [0.15, 0.2) is 0 Å². The summed E-state index contributed by atoms with van der Waals surface area (Å²) in [5.41, 5.74) is 2.95. The van der Waals surface area contributed by atoms with E-state index in [0.29, 0.717) is 10.6 Å². The quantitative estimate of drug-likeness (QED) is 0.536. The zero-order valence-corrected chi connectivity index (χ0v) is 16.0. The molecule has 0 spiro atoms. The van der Waals surface area contributed by atoms with Crippen LogP contribution in [0.25, 0.3) is 11.8 Å². The third-order valence-corrected chi connectivity index (χ3v) is 5.18. The van der Waals surface area contributed by atoms with Crippen LogP contribution in [0.2, 0.25) is 0 Å². The number of nitrogens with one attached hydrogen (secondary N) is 1. The molecule has 0 atom stereocenters. The molecule has 0 unspecified atom stereocenters. The second-order valence-electron chi connectivity index (χ2n) is 5.86. The van der Waals surface area contributed by atoms with Gasteiger partial charge in [0.25, 0.3) is 0 Å². The molecule has 138 valence electrons. The summed E-state index contributed by atoms with van der Waals surface area (Å²) < 4.78 is 6.55. The molecule has 0 saturated carbocycles. The van der Waals surface area contributed by atoms with Crippen molar-refractivity contribution in [3.63, 3.8) is 0 Å². The van der Waals surface area contributed by atoms with Crippen LogP contribution in [0.4, 0.5) is 5.00 Å². The van der Waals surface area contributed by atoms with Gasteiger partial charge < -0.3 is 10.1 Å². The fourth-order valence-electron chi connectivity index (χ4n) is 2.53. The SMILES string of the molecule is COC(=O)c1c(NC(=O)/C=C/c2cnn(-c3ccccc3)c2)sc(C)c1C. The number of methoxy groups -OCH3 is 1. The van der Waals surface area contributed by atoms with Gasteiger partial charge in [0.1, 0.15) is 5.00 Å². The molecule has 3 aromatic rings. The lowest BCUT2D eigenvalue weighted by atomic mass is 10.1. The van der Waals surface area contributed by atoms with Crippen LogP contribution in [-0.4, -0.2) is 28.8 Å². The molecule has 27 heavy (non-hydrogen) atoms. The number of aromatic nitrogens is 2. The number of carbonyl (C=O) groups excluding carboxylic acids is 2. The number of carbonyl (C=O) groups is 2. The van der Waals surface area contributed by atoms with Gasteiger partial charge in [0.05, 0.1) is 24.6 Å². The summed E-state index contributed by atoms with van der Waals surface area (Å²) in [4.78, 5) is 25.2. The van der Waals surface area contributed by atoms with E-state index in [0.717, 1.165) is 21.7 Å². The average molecular weight is 381 g/mol. The molecular formula is C20H19N3O3S. The minimum atomic E-state index is -0.458. The first-order valence-corrected chi connectivity index (χ1v) is 9.08. The number of amides is 1. The molecule has 0 aliphatic carbocycles. The predicted molar refractivity (Wildman–Crippen MR) is 106 cm³/mol. The molecule has 0 saturated heterocycles. The van der Waals surface area contributed by atoms with Crippen molar-refractivity contribution in [2.75, 3.05) is 12.4 Å². The van der Waals surface area contributed by atoms with E-state index in [2.05, 4.69) is 10.4 Å². The van der Waals surface area contributed by atoms with Gasteiger partial charge in [-0.3, -0.25) is 4.79 Å². The number of para-hydroxylation sites is 1. The number of thiophene rings is 1. The molecule has 2 heterocycles. The van der Waals surface area contributed by atoms with E-state index in [1.807, 2.05) is 50.4 Å². The molecule has 3 rings (SSSR count). The highest BCUT2D eigenvalue weighted by Crippen LogP contribution is 2.32. The molecule has 0 aliphatic heterocycles. The Hall–Kier alpha value is -3.19. The molecule has 1 amide bonds. The number of esters is 1. The summed E-state index contributed by atoms with van der Waals surface area (Å²) in [5.74, 6) is -0.783. The Morgan fingerprint density at radius 1 is 1.22 bits per heavy atom. The lowest BCUT2D eigenvalue weighted by Gasteiger charge is -2.03. The summed E-state index contributed by atoms with van der Waals surface area (Å²) in [6, 6.07) is 9.70. The molecular weight excluding hydrogens is 362 g/mol. The lowest BCUT2D eigenvalue weighted by molar-refractivity contribution is -0.111. The molecule has 7 heteroatoms. The van der Waals surface area contributed by atoms with Crippen LogP contribution in [0.3, 0.4) is 0 Å². The number of hydrogen-bond acceptors (Lipinski definition) is 5. The second-order valence-corrected chi connectivity index (χ2v) is 7.08. The van der Waals surface area contributed by atoms with Crippen molar-refractivity contribution in [2.45, 2.75) is 13.8 Å². The van der Waals surface area contributed by atoms with Crippen LogP contribution in [0, 0.1) is 13.8 Å². The maximum Gasteiger partial charge on any atom is 0.341 e. The summed E-state index contributed by atoms with van der Waals surface area (Å²) >= 11 is 1.35. The van der Waals surface area contributed by atoms with Gasteiger partial charge in [-0.15, -0.1) is 11.3 Å². The van der Waals surface area contributed by atoms with Crippen molar-refractivity contribution in [1.29, 1.82) is 0 Å². The van der Waals surface area contributed by atoms with E-state index in [4.69, 9.17) is 4.74 Å². The topological polar surface area (TPSA) is 73.2 Å². The Labute approximate surface area is 161 Å². The Bertz CT molecular complexity index is 1000. The largest absolute Gasteiger partial charge is 0.465 e. The Morgan fingerprint density at radius 2 is 1.96 bits per heavy atom. The van der Waals surface area contributed by atoms with Crippen molar-refractivity contribution >= 4 is 34.3 Å². The summed E-state index contributed by atoms with van der Waals surface area (Å²) in [7, 11) is 1.32. The van der Waals surface area contributed by atoms with Gasteiger partial charge in [-0.25, -0.2) is 9.48 Å². The van der Waals surface area contributed by atoms with E-state index in [-0.39, 0.29) is 5.91 Å². The number of rotatable bonds is 5. The smallest absolute Gasteiger partial charge is 0.341 e. The highest BCUT2D eigenvalue weighted by molar-refractivity contribution is 7.16. The van der Waals surface area contributed by atoms with Gasteiger partial charge in [0, 0.05) is 22.7 Å². The Morgan fingerprint density at radius 3 is 2.67 bits per heavy atom. The van der Waals surface area contributed by atoms with Crippen molar-refractivity contribution in [3.8, 4) is 5.69 Å². The predicted octanol–water partition coefficient (Wildman–Crippen LogP) is 3.99. The molecule has 6 nitrogen and oxygen atoms in total. The minimum absolute atomic E-state index is 0.325. The minimum Gasteiger partial charge on any atom is -0.465 e. The summed E-state index contributed by atoms with van der Waals surface area (Å²) in [6.07, 6.45) is 6.60. The molecule has 2 aromatic heterocycles. The van der Waals surface area contributed by atoms with Crippen LogP contribution in [0.15, 0.2) is 48.8 Å². The van der Waals surface area contributed by atoms with Gasteiger partial charge in [0.2, 0.25) is 5.91 Å². The van der Waals surface area contributed by atoms with E-state index < -0.39 is 5.97 Å². The monoisotopic (exact) mass is 381 g/mol. The summed E-state index contributed by atoms with van der Waals surface area (Å²) in [5, 5.41) is 7.54. The van der Waals surface area contributed by atoms with Crippen LogP contribution >= 0.6 is 11.3 Å². The van der Waals surface area contributed by atoms with Crippen molar-refractivity contribution in [3.05, 3.63) is 70.4 Å². The zero-order chi connectivity index (χ0) is 19.4. The summed E-state index contributed by atoms with van der Waals surface area (Å²) in [6.45, 7) is 3.73. The average Bonchev–Trinajstić information content (AvgIpc) is 3.25. The second kappa shape index (κ2) is 8.01. The third kappa shape index (κ3) is 4.15. The normalized spacial score (nSPS) is 10.9. The molecule has 1 aromatic carbocycles. The first-order chi connectivity index (χ1) is 13.0. The first kappa shape index (κ1) is 18.6. The number of benzene rings is 1. The van der Waals surface area contributed by atoms with Gasteiger partial charge >= 0.3 is 5.97 Å². The van der Waals surface area contributed by atoms with E-state index in [1.54, 1.807) is 17.0 Å². The Balaban J connectivity index is 1.73. The van der Waals surface area contributed by atoms with Crippen LogP contribution in [-0.2, 0) is 9.53 Å². The highest BCUT2D eigenvalue weighted by atomic mass is 32.1. The molecule has 0 radical (unpaired) electrons. The number of hydrogen-bond donors (Lipinski definition) is 1. The van der Waals surface area contributed by atoms with Gasteiger partial charge in [-0.05, 0) is 37.6 Å². The maximum absolute atomic E-state index is 12.3. The fraction of sp³-hybridized carbons (Fsp3) is 0.150. The van der Waals surface area contributed by atoms with Crippen LogP contribution in [0.5, 0.6) is 0 Å². The third-order valence-electron chi connectivity index (χ3n) is 4.06. The van der Waals surface area contributed by atoms with Gasteiger partial charge in [-0.2, -0.15) is 5.10 Å². The molecule has 0 bridgehead atoms. The van der Waals surface area contributed by atoms with E-state index in [9.17, 15) is 9.59 Å². The first-order valence-electron chi connectivity index (χ1n) is 8.27. The number of ether oxygens (including phenoxy) is 1. The van der Waals surface area contributed by atoms with Crippen LogP contribution in [0.1, 0.15) is 26.4 Å². The number of aryl methyl sites for hydroxylation is 1. The maximum atomic E-state index is 12.3. The highest BCUT2D eigenvalue weighted by Gasteiger charge is 2.20. The standard InChI is InChI=1S/C20H19N3O3S/c1-13-14(2)27-19(18(13)20(25)26-3)22-17(24)10-9-15-11-21-23(12-15)16-7-5-4-6-8-16/h4-12H,1-3H3,(H,22,24)/b10-9+.